The van der Waals surface area contributed by atoms with Crippen LogP contribution in [0.25, 0.3) is 114 Å². The summed E-state index contributed by atoms with van der Waals surface area (Å²) in [7, 11) is 12.4. The lowest BCUT2D eigenvalue weighted by molar-refractivity contribution is -0.744. The molecule has 10 heterocycles. The second-order valence-corrected chi connectivity index (χ2v) is 26.8. The Bertz CT molecular complexity index is 5910. The van der Waals surface area contributed by atoms with Crippen LogP contribution in [-0.4, -0.2) is 37.8 Å². The first-order valence-electron chi connectivity index (χ1n) is 50.9. The summed E-state index contributed by atoms with van der Waals surface area (Å²) in [4.78, 5) is 8.16. The molecule has 18 rings (SSSR count). The molecule has 0 aliphatic rings. The van der Waals surface area contributed by atoms with Gasteiger partial charge in [-0.1, -0.05) is 322 Å². The zero-order chi connectivity index (χ0) is 104. The summed E-state index contributed by atoms with van der Waals surface area (Å²) in [6.45, 7) is 91.7. The molecule has 734 valence electrons. The number of fused-ring (bicyclic) bond motifs is 15. The minimum atomic E-state index is 0.919. The lowest BCUT2D eigenvalue weighted by atomic mass is 9.89. The first kappa shape index (κ1) is 130. The zero-order valence-electron chi connectivity index (χ0n) is 94.0. The van der Waals surface area contributed by atoms with Crippen molar-refractivity contribution in [2.45, 2.75) is 312 Å². The van der Waals surface area contributed by atoms with Gasteiger partial charge in [0, 0.05) is 113 Å². The third-order valence-corrected chi connectivity index (χ3v) is 20.7. The molecule has 0 amide bonds. The largest absolute Gasteiger partial charge is 0.456 e. The van der Waals surface area contributed by atoms with Crippen molar-refractivity contribution in [1.29, 1.82) is 0 Å². The molecule has 0 saturated heterocycles. The van der Waals surface area contributed by atoms with E-state index < -0.39 is 0 Å². The number of aryl methyl sites for hydroxylation is 13. The molecule has 0 saturated carbocycles. The zero-order valence-corrected chi connectivity index (χ0v) is 94.8. The van der Waals surface area contributed by atoms with Crippen LogP contribution in [0.4, 0.5) is 0 Å². The molecule has 0 aliphatic heterocycles. The summed E-state index contributed by atoms with van der Waals surface area (Å²) in [5, 5.41) is 11.9. The van der Waals surface area contributed by atoms with Gasteiger partial charge in [0.15, 0.2) is 72.0 Å². The Hall–Kier alpha value is -11.3. The number of hydrogen-bond donors (Lipinski definition) is 0. The molecule has 8 aromatic carbocycles. The van der Waals surface area contributed by atoms with E-state index in [2.05, 4.69) is 300 Å². The molecule has 0 N–H and O–H groups in total. The van der Waals surface area contributed by atoms with Crippen LogP contribution in [-0.2, 0) is 42.3 Å². The fourth-order valence-corrected chi connectivity index (χ4v) is 15.3. The molecule has 133 heavy (non-hydrogen) atoms. The lowest BCUT2D eigenvalue weighted by Gasteiger charge is -2.17. The minimum Gasteiger partial charge on any atom is -0.456 e. The van der Waals surface area contributed by atoms with Gasteiger partial charge < -0.3 is 8.98 Å². The number of para-hydroxylation sites is 3. The summed E-state index contributed by atoms with van der Waals surface area (Å²) in [5.74, 6) is 0.919. The van der Waals surface area contributed by atoms with Gasteiger partial charge >= 0.3 is 0 Å². The molecule has 0 aliphatic carbocycles. The van der Waals surface area contributed by atoms with Gasteiger partial charge in [-0.3, -0.25) is 0 Å². The van der Waals surface area contributed by atoms with E-state index in [1.54, 1.807) is 6.33 Å². The van der Waals surface area contributed by atoms with Crippen LogP contribution >= 0.6 is 11.3 Å². The number of aromatic nitrogens is 13. The van der Waals surface area contributed by atoms with E-state index in [0.717, 1.165) is 28.2 Å². The van der Waals surface area contributed by atoms with E-state index in [9.17, 15) is 0 Å². The topological polar surface area (TPSA) is 87.4 Å². The van der Waals surface area contributed by atoms with Crippen molar-refractivity contribution in [3.8, 4) is 22.9 Å². The van der Waals surface area contributed by atoms with Gasteiger partial charge in [-0.2, -0.15) is 0 Å². The number of nitrogens with zero attached hydrogens (tertiary/aromatic N) is 13. The van der Waals surface area contributed by atoms with Crippen molar-refractivity contribution >= 4 is 102 Å². The Morgan fingerprint density at radius 2 is 0.669 bits per heavy atom. The molecule has 15 heteroatoms. The van der Waals surface area contributed by atoms with Gasteiger partial charge in [0.2, 0.25) is 0 Å². The Labute approximate surface area is 815 Å². The standard InChI is InChI=1S/C21H23N2.C18H18N3.C17H15N2O.C17H15N2S.C9H11N4.18C2H6/c1-12-8-7-9-17-19-15(4)13(2)14(3)16(5)20(19)18-10-11-22(6)23(18)21(12)17;1-13-11-15-14-7-4-5-8-16(14)20(3)18(15)12-17(13)21-10-6-9-19(21)2;2*1-12-10-14-13-6-3-4-7-16(13)20-17(14)11-15(12)19-9-5-8-18(19)2;1-8-6-10-7-11-9(8)13-5-3-4-12(13)2;18*1-2/h7-11H,1-6H3;4-12H,1-3H3;2*3-11H,1-2H3;3-7H,1-2H3;18*1-2H3/q5*+1;;;;;;;;;;;;;;;;;;. The van der Waals surface area contributed by atoms with Crippen LogP contribution in [0, 0.1) is 62.3 Å². The van der Waals surface area contributed by atoms with Crippen molar-refractivity contribution in [3.05, 3.63) is 276 Å². The Morgan fingerprint density at radius 3 is 1.13 bits per heavy atom. The van der Waals surface area contributed by atoms with Crippen LogP contribution in [0.1, 0.15) is 299 Å². The highest BCUT2D eigenvalue weighted by Gasteiger charge is 2.23. The van der Waals surface area contributed by atoms with Crippen LogP contribution in [0.5, 0.6) is 0 Å². The van der Waals surface area contributed by atoms with Gasteiger partial charge in [-0.25, -0.2) is 9.97 Å². The number of benzene rings is 8. The first-order valence-corrected chi connectivity index (χ1v) is 51.7. The average molecular weight is 1840 g/mol. The van der Waals surface area contributed by atoms with Crippen molar-refractivity contribution in [1.82, 2.24) is 37.8 Å². The third-order valence-electron chi connectivity index (χ3n) is 19.6. The molecular weight excluding hydrogens is 1650 g/mol. The van der Waals surface area contributed by atoms with Gasteiger partial charge in [0.25, 0.3) is 0 Å². The van der Waals surface area contributed by atoms with Gasteiger partial charge in [0.05, 0.1) is 30.3 Å². The first-order chi connectivity index (χ1) is 64.9. The van der Waals surface area contributed by atoms with Crippen LogP contribution < -0.4 is 23.4 Å². The molecule has 0 spiro atoms. The number of pyridine rings is 1. The highest BCUT2D eigenvalue weighted by Crippen LogP contribution is 2.40. The number of rotatable bonds is 4. The SMILES string of the molecule is CC.CC.CC.CC.CC.CC.CC.CC.CC.CC.CC.CC.CC.CC.CC.CC.CC.CC.Cc1c(C)c(C)c2c(c1C)c1cccc(C)c1n1c2cc[n+]1C.Cc1cc2c(cc1-n1ccc[n+]1C)oc1ccccc12.Cc1cc2c(cc1-n1ccc[n+]1C)sc1ccccc12.Cc1cc2c3ccccc3n(C)c2cc1-n1ccc[n+]1C.Cc1cncnc1-n1ccc[n+]1C. The fourth-order valence-electron chi connectivity index (χ4n) is 14.1. The van der Waals surface area contributed by atoms with E-state index in [-0.39, 0.29) is 0 Å². The maximum absolute atomic E-state index is 5.96. The average Bonchev–Trinajstić information content (AvgIpc) is 1.69. The van der Waals surface area contributed by atoms with E-state index in [0.29, 0.717) is 0 Å². The maximum atomic E-state index is 5.96. The minimum absolute atomic E-state index is 0.919. The highest BCUT2D eigenvalue weighted by molar-refractivity contribution is 7.25. The van der Waals surface area contributed by atoms with E-state index in [1.165, 1.54) is 136 Å². The molecule has 0 fully saturated rings. The molecule has 18 aromatic rings. The van der Waals surface area contributed by atoms with E-state index >= 15 is 0 Å². The van der Waals surface area contributed by atoms with E-state index in [4.69, 9.17) is 4.42 Å². The second-order valence-electron chi connectivity index (χ2n) is 25.7. The van der Waals surface area contributed by atoms with Crippen LogP contribution in [0.2, 0.25) is 0 Å². The fraction of sp³-hybridized carbons (Fsp3) is 0.432. The number of furan rings is 1. The van der Waals surface area contributed by atoms with Crippen molar-refractivity contribution in [3.63, 3.8) is 0 Å². The predicted octanol–water partition coefficient (Wildman–Crippen LogP) is 34.2. The molecule has 14 nitrogen and oxygen atoms in total. The maximum Gasteiger partial charge on any atom is 0.198 e. The predicted molar refractivity (Wildman–Crippen MR) is 598 cm³/mol. The summed E-state index contributed by atoms with van der Waals surface area (Å²) >= 11 is 1.87. The molecule has 0 unspecified atom stereocenters. The molecule has 0 atom stereocenters. The van der Waals surface area contributed by atoms with E-state index in [1.807, 2.05) is 346 Å². The Morgan fingerprint density at radius 1 is 0.278 bits per heavy atom. The number of thiophene rings is 1. The van der Waals surface area contributed by atoms with Crippen LogP contribution in [0.15, 0.2) is 230 Å². The molecule has 10 aromatic heterocycles. The molecule has 0 radical (unpaired) electrons. The quantitative estimate of drug-likeness (QED) is 0.130. The Kier molecular flexibility index (Phi) is 72.6. The Balaban J connectivity index is -0.000000474. The smallest absolute Gasteiger partial charge is 0.198 e. The summed E-state index contributed by atoms with van der Waals surface area (Å²) in [6, 6.07) is 55.9. The highest BCUT2D eigenvalue weighted by atomic mass is 32.1. The van der Waals surface area contributed by atoms with Gasteiger partial charge in [0.1, 0.15) is 45.6 Å². The summed E-state index contributed by atoms with van der Waals surface area (Å²) < 4.78 is 32.1. The summed E-state index contributed by atoms with van der Waals surface area (Å²) in [5.41, 5.74) is 22.5. The van der Waals surface area contributed by atoms with Crippen molar-refractivity contribution < 1.29 is 27.8 Å². The van der Waals surface area contributed by atoms with Crippen LogP contribution in [0.3, 0.4) is 0 Å². The third kappa shape index (κ3) is 32.8. The lowest BCUT2D eigenvalue weighted by Crippen LogP contribution is -2.37. The molecule has 0 bridgehead atoms. The summed E-state index contributed by atoms with van der Waals surface area (Å²) in [6.07, 6.45) is 21.9. The van der Waals surface area contributed by atoms with Crippen molar-refractivity contribution in [2.75, 3.05) is 0 Å². The van der Waals surface area contributed by atoms with Gasteiger partial charge in [-0.15, -0.1) is 58.0 Å². The monoisotopic (exact) mass is 1840 g/mol. The normalized spacial score (nSPS) is 9.17. The second kappa shape index (κ2) is 74.2. The van der Waals surface area contributed by atoms with Gasteiger partial charge in [-0.05, 0) is 161 Å². The number of hydrogen-bond acceptors (Lipinski definition) is 4. The van der Waals surface area contributed by atoms with Crippen molar-refractivity contribution in [2.24, 2.45) is 42.3 Å². The molecular formula is C118H190N13OS+5.